The molecule has 0 radical (unpaired) electrons. The fourth-order valence-electron chi connectivity index (χ4n) is 1.69. The van der Waals surface area contributed by atoms with E-state index in [2.05, 4.69) is 14.8 Å². The number of hydrogen-bond acceptors (Lipinski definition) is 6. The van der Waals surface area contributed by atoms with E-state index >= 15 is 0 Å². The van der Waals surface area contributed by atoms with Crippen molar-refractivity contribution in [2.45, 2.75) is 6.36 Å². The number of ether oxygens (including phenoxy) is 2. The molecule has 1 rings (SSSR count). The van der Waals surface area contributed by atoms with Crippen molar-refractivity contribution < 1.29 is 37.0 Å². The minimum atomic E-state index is -4.79. The average Bonchev–Trinajstić information content (AvgIpc) is 2.47. The monoisotopic (exact) mass is 363 g/mol. The number of rotatable bonds is 6. The van der Waals surface area contributed by atoms with Gasteiger partial charge in [-0.3, -0.25) is 19.8 Å². The third-order valence-corrected chi connectivity index (χ3v) is 2.63. The molecule has 0 unspecified atom stereocenters. The summed E-state index contributed by atoms with van der Waals surface area (Å²) in [5, 5.41) is 4.38. The third-order valence-electron chi connectivity index (χ3n) is 2.63. The molecule has 25 heavy (non-hydrogen) atoms. The largest absolute Gasteiger partial charge is 0.573 e. The number of imide groups is 1. The van der Waals surface area contributed by atoms with E-state index in [1.165, 1.54) is 24.1 Å². The van der Waals surface area contributed by atoms with Crippen molar-refractivity contribution >= 4 is 23.6 Å². The zero-order valence-electron chi connectivity index (χ0n) is 13.3. The van der Waals surface area contributed by atoms with E-state index in [9.17, 15) is 27.6 Å². The molecule has 0 heterocycles. The first kappa shape index (κ1) is 20.2. The fraction of sp³-hybridized carbons (Fsp3) is 0.357. The maximum absolute atomic E-state index is 12.0. The number of nitrogens with zero attached hydrogens (tertiary/aromatic N) is 1. The molecule has 8 nitrogen and oxygen atoms in total. The van der Waals surface area contributed by atoms with Gasteiger partial charge in [0.05, 0.1) is 20.2 Å². The predicted octanol–water partition coefficient (Wildman–Crippen LogP) is 1.34. The number of alkyl carbamates (subject to hydrolysis) is 1. The molecule has 11 heteroatoms. The summed E-state index contributed by atoms with van der Waals surface area (Å²) in [5.41, 5.74) is 0.256. The number of carbonyl (C=O) groups is 3. The van der Waals surface area contributed by atoms with Gasteiger partial charge < -0.3 is 14.8 Å². The van der Waals surface area contributed by atoms with E-state index in [0.717, 1.165) is 19.2 Å². The Morgan fingerprint density at radius 3 is 2.16 bits per heavy atom. The van der Waals surface area contributed by atoms with Gasteiger partial charge in [-0.2, -0.15) is 0 Å². The molecule has 2 N–H and O–H groups in total. The number of alkyl halides is 3. The highest BCUT2D eigenvalue weighted by atomic mass is 19.4. The van der Waals surface area contributed by atoms with Crippen LogP contribution in [-0.2, 0) is 14.3 Å². The Kier molecular flexibility index (Phi) is 7.18. The molecule has 0 atom stereocenters. The lowest BCUT2D eigenvalue weighted by Crippen LogP contribution is -2.41. The molecule has 0 fully saturated rings. The number of carbonyl (C=O) groups excluding carboxylic acids is 3. The molecule has 0 aliphatic carbocycles. The number of anilines is 1. The van der Waals surface area contributed by atoms with Gasteiger partial charge in [-0.1, -0.05) is 0 Å². The van der Waals surface area contributed by atoms with Gasteiger partial charge in [0.2, 0.25) is 11.8 Å². The van der Waals surface area contributed by atoms with Gasteiger partial charge in [-0.25, -0.2) is 4.79 Å². The van der Waals surface area contributed by atoms with Crippen molar-refractivity contribution in [3.63, 3.8) is 0 Å². The van der Waals surface area contributed by atoms with Gasteiger partial charge in [0.1, 0.15) is 5.75 Å². The maximum Gasteiger partial charge on any atom is 0.573 e. The predicted molar refractivity (Wildman–Crippen MR) is 79.8 cm³/mol. The van der Waals surface area contributed by atoms with E-state index in [4.69, 9.17) is 0 Å². The number of nitrogens with one attached hydrogen (secondary N) is 2. The van der Waals surface area contributed by atoms with Crippen molar-refractivity contribution in [2.75, 3.05) is 32.6 Å². The van der Waals surface area contributed by atoms with Crippen LogP contribution in [0.25, 0.3) is 0 Å². The summed E-state index contributed by atoms with van der Waals surface area (Å²) < 4.78 is 44.1. The second-order valence-corrected chi connectivity index (χ2v) is 4.83. The molecular formula is C14H16F3N3O5. The second kappa shape index (κ2) is 8.87. The SMILES string of the molecule is COC(=O)NC(=O)CN(C)CC(=O)Nc1ccc(OC(F)(F)F)cc1. The van der Waals surface area contributed by atoms with Crippen LogP contribution in [0.1, 0.15) is 0 Å². The number of hydrogen-bond donors (Lipinski definition) is 2. The summed E-state index contributed by atoms with van der Waals surface area (Å²) >= 11 is 0. The highest BCUT2D eigenvalue weighted by Gasteiger charge is 2.30. The lowest BCUT2D eigenvalue weighted by atomic mass is 10.3. The Morgan fingerprint density at radius 1 is 1.08 bits per heavy atom. The number of benzene rings is 1. The van der Waals surface area contributed by atoms with Crippen LogP contribution in [0, 0.1) is 0 Å². The molecule has 0 aliphatic rings. The van der Waals surface area contributed by atoms with E-state index in [-0.39, 0.29) is 18.8 Å². The summed E-state index contributed by atoms with van der Waals surface area (Å²) in [7, 11) is 2.57. The van der Waals surface area contributed by atoms with E-state index < -0.39 is 30.0 Å². The minimum Gasteiger partial charge on any atom is -0.453 e. The summed E-state index contributed by atoms with van der Waals surface area (Å²) in [6, 6.07) is 4.58. The zero-order valence-corrected chi connectivity index (χ0v) is 13.3. The minimum absolute atomic E-state index is 0.185. The van der Waals surface area contributed by atoms with Crippen molar-refractivity contribution in [3.05, 3.63) is 24.3 Å². The van der Waals surface area contributed by atoms with Gasteiger partial charge in [0.25, 0.3) is 0 Å². The first-order valence-electron chi connectivity index (χ1n) is 6.81. The number of halogens is 3. The van der Waals surface area contributed by atoms with Crippen LogP contribution in [-0.4, -0.2) is 56.4 Å². The molecule has 138 valence electrons. The first-order chi connectivity index (χ1) is 11.6. The molecule has 0 saturated carbocycles. The Bertz CT molecular complexity index is 619. The summed E-state index contributed by atoms with van der Waals surface area (Å²) in [4.78, 5) is 35.4. The molecular weight excluding hydrogens is 347 g/mol. The fourth-order valence-corrected chi connectivity index (χ4v) is 1.69. The van der Waals surface area contributed by atoms with Crippen LogP contribution < -0.4 is 15.4 Å². The topological polar surface area (TPSA) is 97.0 Å². The standard InChI is InChI=1S/C14H16F3N3O5/c1-20(8-12(22)19-13(23)24-2)7-11(21)18-9-3-5-10(6-4-9)25-14(15,16)17/h3-6H,7-8H2,1-2H3,(H,18,21)(H,19,22,23). The van der Waals surface area contributed by atoms with Crippen LogP contribution in [0.2, 0.25) is 0 Å². The summed E-state index contributed by atoms with van der Waals surface area (Å²) in [6.45, 7) is -0.420. The molecule has 1 aromatic carbocycles. The Labute approximate surface area is 140 Å². The smallest absolute Gasteiger partial charge is 0.453 e. The Hall–Kier alpha value is -2.82. The van der Waals surface area contributed by atoms with Gasteiger partial charge in [-0.15, -0.1) is 13.2 Å². The van der Waals surface area contributed by atoms with Gasteiger partial charge in [0, 0.05) is 5.69 Å². The van der Waals surface area contributed by atoms with Gasteiger partial charge in [0.15, 0.2) is 0 Å². The second-order valence-electron chi connectivity index (χ2n) is 4.83. The number of amides is 3. The van der Waals surface area contributed by atoms with E-state index in [1.807, 2.05) is 5.32 Å². The number of likely N-dealkylation sites (N-methyl/N-ethyl adjacent to an activating group) is 1. The molecule has 0 saturated heterocycles. The third kappa shape index (κ3) is 8.55. The van der Waals surface area contributed by atoms with Crippen molar-refractivity contribution in [3.8, 4) is 5.75 Å². The van der Waals surface area contributed by atoms with Crippen molar-refractivity contribution in [1.29, 1.82) is 0 Å². The van der Waals surface area contributed by atoms with Gasteiger partial charge >= 0.3 is 12.5 Å². The quantitative estimate of drug-likeness (QED) is 0.792. The molecule has 0 aromatic heterocycles. The van der Waals surface area contributed by atoms with Crippen LogP contribution in [0.3, 0.4) is 0 Å². The molecule has 0 spiro atoms. The Balaban J connectivity index is 2.45. The number of methoxy groups -OCH3 is 1. The zero-order chi connectivity index (χ0) is 19.0. The summed E-state index contributed by atoms with van der Waals surface area (Å²) in [5.74, 6) is -1.57. The maximum atomic E-state index is 12.0. The molecule has 0 bridgehead atoms. The lowest BCUT2D eigenvalue weighted by Gasteiger charge is -2.15. The highest BCUT2D eigenvalue weighted by Crippen LogP contribution is 2.23. The molecule has 3 amide bonds. The highest BCUT2D eigenvalue weighted by molar-refractivity contribution is 5.94. The van der Waals surface area contributed by atoms with Crippen LogP contribution >= 0.6 is 0 Å². The van der Waals surface area contributed by atoms with Crippen molar-refractivity contribution in [2.24, 2.45) is 0 Å². The van der Waals surface area contributed by atoms with E-state index in [0.29, 0.717) is 0 Å². The van der Waals surface area contributed by atoms with E-state index in [1.54, 1.807) is 0 Å². The molecule has 0 aliphatic heterocycles. The van der Waals surface area contributed by atoms with Gasteiger partial charge in [-0.05, 0) is 31.3 Å². The average molecular weight is 363 g/mol. The lowest BCUT2D eigenvalue weighted by molar-refractivity contribution is -0.274. The first-order valence-corrected chi connectivity index (χ1v) is 6.81. The normalized spacial score (nSPS) is 11.0. The van der Waals surface area contributed by atoms with Crippen LogP contribution in [0.5, 0.6) is 5.75 Å². The van der Waals surface area contributed by atoms with Crippen molar-refractivity contribution in [1.82, 2.24) is 10.2 Å². The van der Waals surface area contributed by atoms with Crippen LogP contribution in [0.15, 0.2) is 24.3 Å². The Morgan fingerprint density at radius 2 is 1.64 bits per heavy atom. The van der Waals surface area contributed by atoms with Crippen LogP contribution in [0.4, 0.5) is 23.7 Å². The summed E-state index contributed by atoms with van der Waals surface area (Å²) in [6.07, 6.45) is -5.71. The molecule has 1 aromatic rings.